The smallest absolute Gasteiger partial charge is 0.240 e. The molecule has 0 heterocycles. The third-order valence-electron chi connectivity index (χ3n) is 2.38. The molecule has 0 bridgehead atoms. The number of anilines is 1. The molecule has 19 heavy (non-hydrogen) atoms. The first-order valence-corrected chi connectivity index (χ1v) is 8.69. The van der Waals surface area contributed by atoms with Gasteiger partial charge in [-0.05, 0) is 31.4 Å². The van der Waals surface area contributed by atoms with Crippen LogP contribution in [0.25, 0.3) is 0 Å². The van der Waals surface area contributed by atoms with Crippen molar-refractivity contribution >= 4 is 39.1 Å². The number of thioether (sulfide) groups is 1. The molecule has 0 aliphatic carbocycles. The molecular formula is C11H17ClN2O3S2. The van der Waals surface area contributed by atoms with Crippen LogP contribution in [-0.4, -0.2) is 37.7 Å². The van der Waals surface area contributed by atoms with Gasteiger partial charge < -0.3 is 10.8 Å². The van der Waals surface area contributed by atoms with Gasteiger partial charge in [0.2, 0.25) is 10.0 Å². The Morgan fingerprint density at radius 2 is 2.16 bits per heavy atom. The Bertz CT molecular complexity index is 547. The predicted octanol–water partition coefficient (Wildman–Crippen LogP) is 1.31. The molecule has 0 radical (unpaired) electrons. The summed E-state index contributed by atoms with van der Waals surface area (Å²) >= 11 is 7.18. The van der Waals surface area contributed by atoms with E-state index in [4.69, 9.17) is 17.3 Å². The highest BCUT2D eigenvalue weighted by Crippen LogP contribution is 2.22. The van der Waals surface area contributed by atoms with Crippen LogP contribution in [0.4, 0.5) is 5.69 Å². The monoisotopic (exact) mass is 324 g/mol. The van der Waals surface area contributed by atoms with Crippen molar-refractivity contribution in [1.82, 2.24) is 4.72 Å². The fourth-order valence-corrected chi connectivity index (χ4v) is 3.42. The Balaban J connectivity index is 2.84. The van der Waals surface area contributed by atoms with E-state index in [9.17, 15) is 13.5 Å². The molecule has 5 nitrogen and oxygen atoms in total. The quantitative estimate of drug-likeness (QED) is 0.686. The second-order valence-electron chi connectivity index (χ2n) is 4.44. The van der Waals surface area contributed by atoms with Crippen molar-refractivity contribution in [2.45, 2.75) is 17.4 Å². The van der Waals surface area contributed by atoms with Crippen molar-refractivity contribution in [3.8, 4) is 0 Å². The van der Waals surface area contributed by atoms with E-state index >= 15 is 0 Å². The number of rotatable bonds is 6. The van der Waals surface area contributed by atoms with Crippen molar-refractivity contribution in [2.75, 3.05) is 24.3 Å². The second-order valence-corrected chi connectivity index (χ2v) is 7.48. The van der Waals surface area contributed by atoms with Gasteiger partial charge in [-0.1, -0.05) is 11.6 Å². The van der Waals surface area contributed by atoms with Crippen molar-refractivity contribution in [3.63, 3.8) is 0 Å². The zero-order chi connectivity index (χ0) is 14.7. The molecule has 1 aromatic carbocycles. The first-order chi connectivity index (χ1) is 8.68. The SMILES string of the molecule is CSCC(C)(O)CNS(=O)(=O)c1ccc(Cl)c(N)c1. The molecule has 1 rings (SSSR count). The summed E-state index contributed by atoms with van der Waals surface area (Å²) in [5.74, 6) is 0.429. The third-order valence-corrected chi connectivity index (χ3v) is 5.03. The van der Waals surface area contributed by atoms with Gasteiger partial charge >= 0.3 is 0 Å². The standard InChI is InChI=1S/C11H17ClN2O3S2/c1-11(15,7-18-2)6-14-19(16,17)8-3-4-9(12)10(13)5-8/h3-5,14-15H,6-7,13H2,1-2H3. The van der Waals surface area contributed by atoms with Crippen LogP contribution in [0.1, 0.15) is 6.92 Å². The van der Waals surface area contributed by atoms with Crippen molar-refractivity contribution < 1.29 is 13.5 Å². The Morgan fingerprint density at radius 3 is 2.68 bits per heavy atom. The average Bonchev–Trinajstić information content (AvgIpc) is 2.30. The van der Waals surface area contributed by atoms with E-state index in [1.54, 1.807) is 6.92 Å². The average molecular weight is 325 g/mol. The lowest BCUT2D eigenvalue weighted by atomic mass is 10.1. The van der Waals surface area contributed by atoms with Gasteiger partial charge in [0, 0.05) is 12.3 Å². The van der Waals surface area contributed by atoms with Gasteiger partial charge in [-0.3, -0.25) is 0 Å². The highest BCUT2D eigenvalue weighted by atomic mass is 35.5. The number of sulfonamides is 1. The Morgan fingerprint density at radius 1 is 1.53 bits per heavy atom. The summed E-state index contributed by atoms with van der Waals surface area (Å²) in [6, 6.07) is 4.07. The van der Waals surface area contributed by atoms with Gasteiger partial charge in [-0.2, -0.15) is 11.8 Å². The lowest BCUT2D eigenvalue weighted by molar-refractivity contribution is 0.0908. The Labute approximate surface area is 122 Å². The molecule has 8 heteroatoms. The third kappa shape index (κ3) is 4.85. The number of nitrogens with two attached hydrogens (primary N) is 1. The summed E-state index contributed by atoms with van der Waals surface area (Å²) in [6.45, 7) is 1.50. The summed E-state index contributed by atoms with van der Waals surface area (Å²) in [7, 11) is -3.71. The van der Waals surface area contributed by atoms with Crippen molar-refractivity contribution in [2.24, 2.45) is 0 Å². The van der Waals surface area contributed by atoms with Crippen LogP contribution in [0, 0.1) is 0 Å². The fraction of sp³-hybridized carbons (Fsp3) is 0.455. The van der Waals surface area contributed by atoms with Crippen LogP contribution in [-0.2, 0) is 10.0 Å². The molecule has 0 aromatic heterocycles. The van der Waals surface area contributed by atoms with Crippen molar-refractivity contribution in [1.29, 1.82) is 0 Å². The largest absolute Gasteiger partial charge is 0.397 e. The van der Waals surface area contributed by atoms with E-state index in [-0.39, 0.29) is 17.1 Å². The van der Waals surface area contributed by atoms with E-state index in [2.05, 4.69) is 4.72 Å². The molecule has 0 fully saturated rings. The van der Waals surface area contributed by atoms with Crippen LogP contribution in [0.2, 0.25) is 5.02 Å². The van der Waals surface area contributed by atoms with Gasteiger partial charge in [0.1, 0.15) is 0 Å². The molecule has 4 N–H and O–H groups in total. The van der Waals surface area contributed by atoms with Gasteiger partial charge in [0.05, 0.1) is 21.2 Å². The highest BCUT2D eigenvalue weighted by molar-refractivity contribution is 7.98. The minimum absolute atomic E-state index is 0.0225. The minimum Gasteiger partial charge on any atom is -0.397 e. The van der Waals surface area contributed by atoms with Gasteiger partial charge in [0.25, 0.3) is 0 Å². The molecule has 0 aliphatic heterocycles. The normalized spacial score (nSPS) is 15.2. The lowest BCUT2D eigenvalue weighted by Gasteiger charge is -2.22. The van der Waals surface area contributed by atoms with Crippen molar-refractivity contribution in [3.05, 3.63) is 23.2 Å². The zero-order valence-electron chi connectivity index (χ0n) is 10.7. The number of nitrogen functional groups attached to an aromatic ring is 1. The molecule has 1 unspecified atom stereocenters. The molecule has 0 spiro atoms. The molecule has 0 amide bonds. The molecule has 0 saturated heterocycles. The maximum absolute atomic E-state index is 12.0. The number of benzene rings is 1. The summed E-state index contributed by atoms with van der Waals surface area (Å²) in [6.07, 6.45) is 1.84. The number of nitrogens with one attached hydrogen (secondary N) is 1. The highest BCUT2D eigenvalue weighted by Gasteiger charge is 2.24. The minimum atomic E-state index is -3.71. The van der Waals surface area contributed by atoms with Crippen LogP contribution in [0.5, 0.6) is 0 Å². The summed E-state index contributed by atoms with van der Waals surface area (Å²) in [4.78, 5) is 0.0225. The van der Waals surface area contributed by atoms with Crippen LogP contribution in [0.3, 0.4) is 0 Å². The van der Waals surface area contributed by atoms with Crippen LogP contribution >= 0.6 is 23.4 Å². The molecule has 108 valence electrons. The van der Waals surface area contributed by atoms with Gasteiger partial charge in [-0.25, -0.2) is 13.1 Å². The first kappa shape index (κ1) is 16.6. The first-order valence-electron chi connectivity index (χ1n) is 5.44. The van der Waals surface area contributed by atoms with E-state index in [0.717, 1.165) is 0 Å². The fourth-order valence-electron chi connectivity index (χ4n) is 1.38. The van der Waals surface area contributed by atoms with E-state index in [1.165, 1.54) is 30.0 Å². The van der Waals surface area contributed by atoms with E-state index < -0.39 is 15.6 Å². The molecule has 1 aromatic rings. The van der Waals surface area contributed by atoms with E-state index in [0.29, 0.717) is 10.8 Å². The lowest BCUT2D eigenvalue weighted by Crippen LogP contribution is -2.42. The Kier molecular flexibility index (Phi) is 5.52. The summed E-state index contributed by atoms with van der Waals surface area (Å²) in [5, 5.41) is 10.2. The summed E-state index contributed by atoms with van der Waals surface area (Å²) < 4.78 is 26.4. The number of halogens is 1. The number of aliphatic hydroxyl groups is 1. The van der Waals surface area contributed by atoms with Crippen LogP contribution in [0.15, 0.2) is 23.1 Å². The molecule has 0 aliphatic rings. The zero-order valence-corrected chi connectivity index (χ0v) is 13.1. The maximum atomic E-state index is 12.0. The molecule has 0 saturated carbocycles. The summed E-state index contributed by atoms with van der Waals surface area (Å²) in [5.41, 5.74) is 4.66. The van der Waals surface area contributed by atoms with Gasteiger partial charge in [0.15, 0.2) is 0 Å². The second kappa shape index (κ2) is 6.32. The molecular weight excluding hydrogens is 308 g/mol. The Hall–Kier alpha value is -0.470. The van der Waals surface area contributed by atoms with E-state index in [1.807, 2.05) is 6.26 Å². The van der Waals surface area contributed by atoms with Gasteiger partial charge in [-0.15, -0.1) is 0 Å². The molecule has 1 atom stereocenters. The maximum Gasteiger partial charge on any atom is 0.240 e. The topological polar surface area (TPSA) is 92.4 Å². The van der Waals surface area contributed by atoms with Crippen LogP contribution < -0.4 is 10.5 Å². The number of hydrogen-bond donors (Lipinski definition) is 3. The predicted molar refractivity (Wildman–Crippen MR) is 80.1 cm³/mol. The number of hydrogen-bond acceptors (Lipinski definition) is 5.